The summed E-state index contributed by atoms with van der Waals surface area (Å²) in [6.07, 6.45) is 5.18. The molecule has 0 aromatic carbocycles. The summed E-state index contributed by atoms with van der Waals surface area (Å²) in [4.78, 5) is 18.6. The maximum atomic E-state index is 12.4. The molecule has 1 saturated heterocycles. The Kier molecular flexibility index (Phi) is 5.44. The number of hydrogen-bond donors (Lipinski definition) is 1. The quantitative estimate of drug-likeness (QED) is 0.888. The van der Waals surface area contributed by atoms with Crippen molar-refractivity contribution in [2.24, 2.45) is 0 Å². The molecule has 0 radical (unpaired) electrons. The van der Waals surface area contributed by atoms with Gasteiger partial charge >= 0.3 is 0 Å². The Labute approximate surface area is 145 Å². The molecule has 0 spiro atoms. The second-order valence-electron chi connectivity index (χ2n) is 5.74. The number of ether oxygens (including phenoxy) is 1. The highest BCUT2D eigenvalue weighted by molar-refractivity contribution is 6.30. The SMILES string of the molecule is C[C@@H](C(=O)Nc1ccc(Cl)cn1)N1CCO[C@H](Cn2cccn2)C1. The first-order valence-electron chi connectivity index (χ1n) is 7.87. The fraction of sp³-hybridized carbons (Fsp3) is 0.438. The zero-order chi connectivity index (χ0) is 16.9. The molecular formula is C16H20ClN5O2. The molecule has 1 aliphatic rings. The first kappa shape index (κ1) is 16.9. The van der Waals surface area contributed by atoms with Crippen LogP contribution in [0.2, 0.25) is 5.02 Å². The average Bonchev–Trinajstić information content (AvgIpc) is 3.09. The number of pyridine rings is 1. The molecule has 2 atom stereocenters. The standard InChI is InChI=1S/C16H20ClN5O2/c1-12(16(23)20-15-4-3-13(17)9-18-15)21-7-8-24-14(10-21)11-22-6-2-5-19-22/h2-6,9,12,14H,7-8,10-11H2,1H3,(H,18,20,23)/t12-,14-/m0/s1. The fourth-order valence-corrected chi connectivity index (χ4v) is 2.78. The van der Waals surface area contributed by atoms with Gasteiger partial charge in [0, 0.05) is 31.7 Å². The molecule has 24 heavy (non-hydrogen) atoms. The number of carbonyl (C=O) groups excluding carboxylic acids is 1. The minimum Gasteiger partial charge on any atom is -0.374 e. The number of halogens is 1. The van der Waals surface area contributed by atoms with Gasteiger partial charge in [0.15, 0.2) is 0 Å². The highest BCUT2D eigenvalue weighted by Crippen LogP contribution is 2.14. The van der Waals surface area contributed by atoms with Gasteiger partial charge < -0.3 is 10.1 Å². The molecule has 7 nitrogen and oxygen atoms in total. The maximum absolute atomic E-state index is 12.4. The number of aromatic nitrogens is 3. The minimum atomic E-state index is -0.272. The van der Waals surface area contributed by atoms with E-state index in [1.807, 2.05) is 23.9 Å². The monoisotopic (exact) mass is 349 g/mol. The van der Waals surface area contributed by atoms with E-state index in [1.165, 1.54) is 6.20 Å². The van der Waals surface area contributed by atoms with E-state index in [9.17, 15) is 4.79 Å². The molecule has 1 N–H and O–H groups in total. The zero-order valence-electron chi connectivity index (χ0n) is 13.4. The third-order valence-corrected chi connectivity index (χ3v) is 4.25. The van der Waals surface area contributed by atoms with Crippen LogP contribution in [0.25, 0.3) is 0 Å². The molecule has 0 aliphatic carbocycles. The average molecular weight is 350 g/mol. The molecule has 0 saturated carbocycles. The molecule has 3 heterocycles. The molecular weight excluding hydrogens is 330 g/mol. The molecule has 128 valence electrons. The Balaban J connectivity index is 1.56. The van der Waals surface area contributed by atoms with Gasteiger partial charge in [0.1, 0.15) is 5.82 Å². The zero-order valence-corrected chi connectivity index (χ0v) is 14.2. The van der Waals surface area contributed by atoms with Gasteiger partial charge in [-0.1, -0.05) is 11.6 Å². The molecule has 1 amide bonds. The summed E-state index contributed by atoms with van der Waals surface area (Å²) in [5, 5.41) is 7.55. The second kappa shape index (κ2) is 7.74. The molecule has 2 aromatic rings. The molecule has 0 unspecified atom stereocenters. The van der Waals surface area contributed by atoms with Crippen LogP contribution in [0.1, 0.15) is 6.92 Å². The van der Waals surface area contributed by atoms with Crippen molar-refractivity contribution in [1.82, 2.24) is 19.7 Å². The van der Waals surface area contributed by atoms with Crippen LogP contribution in [0.4, 0.5) is 5.82 Å². The van der Waals surface area contributed by atoms with Gasteiger partial charge in [-0.05, 0) is 25.1 Å². The molecule has 1 aliphatic heterocycles. The molecule has 8 heteroatoms. The van der Waals surface area contributed by atoms with Crippen molar-refractivity contribution in [3.8, 4) is 0 Å². The topological polar surface area (TPSA) is 72.3 Å². The van der Waals surface area contributed by atoms with Crippen molar-refractivity contribution in [3.05, 3.63) is 41.8 Å². The fourth-order valence-electron chi connectivity index (χ4n) is 2.67. The lowest BCUT2D eigenvalue weighted by Gasteiger charge is -2.36. The summed E-state index contributed by atoms with van der Waals surface area (Å²) in [7, 11) is 0. The lowest BCUT2D eigenvalue weighted by molar-refractivity contribution is -0.124. The number of nitrogens with zero attached hydrogens (tertiary/aromatic N) is 4. The molecule has 3 rings (SSSR count). The van der Waals surface area contributed by atoms with Crippen molar-refractivity contribution >= 4 is 23.3 Å². The smallest absolute Gasteiger partial charge is 0.242 e. The molecule has 0 bridgehead atoms. The maximum Gasteiger partial charge on any atom is 0.242 e. The number of morpholine rings is 1. The summed E-state index contributed by atoms with van der Waals surface area (Å²) in [6, 6.07) is 5.00. The summed E-state index contributed by atoms with van der Waals surface area (Å²) >= 11 is 5.80. The number of anilines is 1. The molecule has 2 aromatic heterocycles. The normalized spacial score (nSPS) is 19.8. The highest BCUT2D eigenvalue weighted by atomic mass is 35.5. The van der Waals surface area contributed by atoms with E-state index < -0.39 is 0 Å². The van der Waals surface area contributed by atoms with Gasteiger partial charge in [0.25, 0.3) is 0 Å². The summed E-state index contributed by atoms with van der Waals surface area (Å²) in [5.74, 6) is 0.405. The van der Waals surface area contributed by atoms with Gasteiger partial charge in [-0.15, -0.1) is 0 Å². The number of carbonyl (C=O) groups is 1. The number of nitrogens with one attached hydrogen (secondary N) is 1. The predicted octanol–water partition coefficient (Wildman–Crippen LogP) is 1.66. The third kappa shape index (κ3) is 4.31. The van der Waals surface area contributed by atoms with E-state index in [4.69, 9.17) is 16.3 Å². The third-order valence-electron chi connectivity index (χ3n) is 4.03. The van der Waals surface area contributed by atoms with Crippen LogP contribution in [0.5, 0.6) is 0 Å². The van der Waals surface area contributed by atoms with Crippen LogP contribution in [0.15, 0.2) is 36.8 Å². The van der Waals surface area contributed by atoms with E-state index in [-0.39, 0.29) is 18.1 Å². The van der Waals surface area contributed by atoms with Gasteiger partial charge in [-0.3, -0.25) is 14.4 Å². The van der Waals surface area contributed by atoms with Crippen LogP contribution in [0, 0.1) is 0 Å². The van der Waals surface area contributed by atoms with Crippen LogP contribution in [-0.4, -0.2) is 57.4 Å². The second-order valence-corrected chi connectivity index (χ2v) is 6.18. The van der Waals surface area contributed by atoms with Crippen molar-refractivity contribution in [3.63, 3.8) is 0 Å². The van der Waals surface area contributed by atoms with Crippen LogP contribution >= 0.6 is 11.6 Å². The van der Waals surface area contributed by atoms with E-state index in [0.717, 1.165) is 6.54 Å². The Morgan fingerprint density at radius 3 is 3.12 bits per heavy atom. The van der Waals surface area contributed by atoms with Crippen molar-refractivity contribution < 1.29 is 9.53 Å². The lowest BCUT2D eigenvalue weighted by Crippen LogP contribution is -2.51. The lowest BCUT2D eigenvalue weighted by atomic mass is 10.2. The summed E-state index contributed by atoms with van der Waals surface area (Å²) in [5.41, 5.74) is 0. The highest BCUT2D eigenvalue weighted by Gasteiger charge is 2.28. The van der Waals surface area contributed by atoms with E-state index in [2.05, 4.69) is 20.3 Å². The van der Waals surface area contributed by atoms with Gasteiger partial charge in [-0.25, -0.2) is 4.98 Å². The van der Waals surface area contributed by atoms with Crippen LogP contribution < -0.4 is 5.32 Å². The molecule has 1 fully saturated rings. The van der Waals surface area contributed by atoms with Gasteiger partial charge in [0.05, 0.1) is 30.3 Å². The first-order valence-corrected chi connectivity index (χ1v) is 8.25. The predicted molar refractivity (Wildman–Crippen MR) is 90.9 cm³/mol. The van der Waals surface area contributed by atoms with Crippen molar-refractivity contribution in [2.75, 3.05) is 25.0 Å². The van der Waals surface area contributed by atoms with E-state index in [0.29, 0.717) is 30.5 Å². The minimum absolute atomic E-state index is 0.0163. The van der Waals surface area contributed by atoms with Crippen molar-refractivity contribution in [1.29, 1.82) is 0 Å². The Morgan fingerprint density at radius 2 is 2.42 bits per heavy atom. The number of hydrogen-bond acceptors (Lipinski definition) is 5. The Morgan fingerprint density at radius 1 is 1.54 bits per heavy atom. The van der Waals surface area contributed by atoms with Gasteiger partial charge in [0.2, 0.25) is 5.91 Å². The Bertz CT molecular complexity index is 662. The number of amides is 1. The summed E-state index contributed by atoms with van der Waals surface area (Å²) in [6.45, 7) is 4.57. The van der Waals surface area contributed by atoms with E-state index >= 15 is 0 Å². The first-order chi connectivity index (χ1) is 11.6. The Hall–Kier alpha value is -1.96. The largest absolute Gasteiger partial charge is 0.374 e. The van der Waals surface area contributed by atoms with Gasteiger partial charge in [-0.2, -0.15) is 5.10 Å². The van der Waals surface area contributed by atoms with Crippen LogP contribution in [0.3, 0.4) is 0 Å². The summed E-state index contributed by atoms with van der Waals surface area (Å²) < 4.78 is 7.63. The van der Waals surface area contributed by atoms with E-state index in [1.54, 1.807) is 18.3 Å². The number of rotatable bonds is 5. The van der Waals surface area contributed by atoms with Crippen LogP contribution in [-0.2, 0) is 16.1 Å². The van der Waals surface area contributed by atoms with Crippen molar-refractivity contribution in [2.45, 2.75) is 25.6 Å².